The lowest BCUT2D eigenvalue weighted by atomic mass is 9.71. The van der Waals surface area contributed by atoms with Crippen molar-refractivity contribution in [3.05, 3.63) is 34.9 Å². The third-order valence-corrected chi connectivity index (χ3v) is 4.34. The van der Waals surface area contributed by atoms with Crippen LogP contribution in [0.3, 0.4) is 0 Å². The average molecular weight is 252 g/mol. The van der Waals surface area contributed by atoms with Crippen molar-refractivity contribution in [1.29, 1.82) is 0 Å². The van der Waals surface area contributed by atoms with Gasteiger partial charge in [-0.3, -0.25) is 0 Å². The molecule has 0 saturated carbocycles. The number of ether oxygens (including phenoxy) is 1. The van der Waals surface area contributed by atoms with E-state index >= 15 is 0 Å². The van der Waals surface area contributed by atoms with Crippen LogP contribution >= 0.6 is 11.6 Å². The van der Waals surface area contributed by atoms with Crippen molar-refractivity contribution in [3.63, 3.8) is 0 Å². The number of hydrogen-bond acceptors (Lipinski definition) is 2. The maximum Gasteiger partial charge on any atom is 0.0585 e. The van der Waals surface area contributed by atoms with E-state index in [1.807, 2.05) is 12.1 Å². The van der Waals surface area contributed by atoms with Crippen LogP contribution in [0.25, 0.3) is 0 Å². The largest absolute Gasteiger partial charge is 0.378 e. The Morgan fingerprint density at radius 2 is 2.18 bits per heavy atom. The summed E-state index contributed by atoms with van der Waals surface area (Å²) in [6.07, 6.45) is 3.93. The Balaban J connectivity index is 1.83. The monoisotopic (exact) mass is 251 g/mol. The van der Waals surface area contributed by atoms with Gasteiger partial charge in [0, 0.05) is 30.1 Å². The number of benzene rings is 1. The van der Waals surface area contributed by atoms with Gasteiger partial charge in [-0.25, -0.2) is 0 Å². The van der Waals surface area contributed by atoms with Crippen LogP contribution < -0.4 is 5.32 Å². The maximum absolute atomic E-state index is 6.34. The molecule has 0 amide bonds. The molecule has 0 aliphatic carbocycles. The molecule has 0 spiro atoms. The number of hydrogen-bond donors (Lipinski definition) is 1. The predicted molar refractivity (Wildman–Crippen MR) is 69.6 cm³/mol. The Hall–Kier alpha value is -0.570. The molecule has 0 bridgehead atoms. The van der Waals surface area contributed by atoms with Gasteiger partial charge in [0.1, 0.15) is 0 Å². The highest BCUT2D eigenvalue weighted by molar-refractivity contribution is 6.31. The summed E-state index contributed by atoms with van der Waals surface area (Å²) in [4.78, 5) is 0. The van der Waals surface area contributed by atoms with Crippen molar-refractivity contribution in [2.45, 2.75) is 30.8 Å². The summed E-state index contributed by atoms with van der Waals surface area (Å²) in [5.41, 5.74) is 1.49. The first-order chi connectivity index (χ1) is 8.30. The molecule has 17 heavy (non-hydrogen) atoms. The zero-order valence-corrected chi connectivity index (χ0v) is 10.7. The summed E-state index contributed by atoms with van der Waals surface area (Å²) in [7, 11) is 0. The number of rotatable bonds is 3. The van der Waals surface area contributed by atoms with Crippen molar-refractivity contribution in [2.75, 3.05) is 19.7 Å². The molecule has 2 saturated heterocycles. The normalized spacial score (nSPS) is 26.8. The molecule has 0 aromatic heterocycles. The molecule has 1 unspecified atom stereocenters. The summed E-state index contributed by atoms with van der Waals surface area (Å²) in [5.74, 6) is 0. The molecule has 3 rings (SSSR count). The van der Waals surface area contributed by atoms with Crippen molar-refractivity contribution >= 4 is 11.6 Å². The summed E-state index contributed by atoms with van der Waals surface area (Å²) < 4.78 is 5.77. The standard InChI is InChI=1S/C14H18ClNO/c15-13-6-2-1-5-12(13)14(9-16-10-14)8-11-4-3-7-17-11/h1-2,5-6,11,16H,3-4,7-10H2. The van der Waals surface area contributed by atoms with Gasteiger partial charge in [0.2, 0.25) is 0 Å². The molecule has 92 valence electrons. The minimum absolute atomic E-state index is 0.202. The first kappa shape index (κ1) is 11.5. The van der Waals surface area contributed by atoms with E-state index in [0.717, 1.165) is 31.1 Å². The Morgan fingerprint density at radius 3 is 2.76 bits per heavy atom. The Morgan fingerprint density at radius 1 is 1.35 bits per heavy atom. The number of halogens is 1. The lowest BCUT2D eigenvalue weighted by Gasteiger charge is -2.45. The van der Waals surface area contributed by atoms with Crippen LogP contribution in [0, 0.1) is 0 Å². The second kappa shape index (κ2) is 4.60. The van der Waals surface area contributed by atoms with E-state index in [-0.39, 0.29) is 5.41 Å². The van der Waals surface area contributed by atoms with E-state index in [4.69, 9.17) is 16.3 Å². The third-order valence-electron chi connectivity index (χ3n) is 4.01. The van der Waals surface area contributed by atoms with Gasteiger partial charge in [0.25, 0.3) is 0 Å². The Kier molecular flexibility index (Phi) is 3.12. The minimum Gasteiger partial charge on any atom is -0.378 e. The summed E-state index contributed by atoms with van der Waals surface area (Å²) in [5, 5.41) is 4.28. The molecule has 1 atom stereocenters. The molecule has 2 aliphatic rings. The Bertz CT molecular complexity index is 397. The SMILES string of the molecule is Clc1ccccc1C1(CC2CCCO2)CNC1. The molecule has 3 heteroatoms. The topological polar surface area (TPSA) is 21.3 Å². The predicted octanol–water partition coefficient (Wildman–Crippen LogP) is 2.75. The summed E-state index contributed by atoms with van der Waals surface area (Å²) >= 11 is 6.34. The zero-order chi connectivity index (χ0) is 11.7. The van der Waals surface area contributed by atoms with Crippen LogP contribution in [0.1, 0.15) is 24.8 Å². The van der Waals surface area contributed by atoms with Gasteiger partial charge in [-0.1, -0.05) is 29.8 Å². The smallest absolute Gasteiger partial charge is 0.0585 e. The fourth-order valence-corrected chi connectivity index (χ4v) is 3.34. The van der Waals surface area contributed by atoms with Crippen LogP contribution in [0.5, 0.6) is 0 Å². The van der Waals surface area contributed by atoms with Crippen LogP contribution in [-0.4, -0.2) is 25.8 Å². The zero-order valence-electron chi connectivity index (χ0n) is 9.92. The van der Waals surface area contributed by atoms with Crippen LogP contribution in [0.2, 0.25) is 5.02 Å². The van der Waals surface area contributed by atoms with Crippen LogP contribution in [0.4, 0.5) is 0 Å². The van der Waals surface area contributed by atoms with Gasteiger partial charge in [-0.2, -0.15) is 0 Å². The van der Waals surface area contributed by atoms with E-state index < -0.39 is 0 Å². The summed E-state index contributed by atoms with van der Waals surface area (Å²) in [6.45, 7) is 2.98. The molecule has 2 nitrogen and oxygen atoms in total. The van der Waals surface area contributed by atoms with Gasteiger partial charge in [-0.05, 0) is 30.9 Å². The van der Waals surface area contributed by atoms with E-state index in [9.17, 15) is 0 Å². The molecule has 0 radical (unpaired) electrons. The molecular formula is C14H18ClNO. The first-order valence-electron chi connectivity index (χ1n) is 6.37. The molecule has 2 fully saturated rings. The average Bonchev–Trinajstić information content (AvgIpc) is 2.77. The lowest BCUT2D eigenvalue weighted by Crippen LogP contribution is -2.58. The van der Waals surface area contributed by atoms with Gasteiger partial charge in [0.05, 0.1) is 6.10 Å². The lowest BCUT2D eigenvalue weighted by molar-refractivity contribution is 0.0682. The summed E-state index contributed by atoms with van der Waals surface area (Å²) in [6, 6.07) is 8.24. The van der Waals surface area contributed by atoms with E-state index in [0.29, 0.717) is 6.10 Å². The third kappa shape index (κ3) is 2.10. The van der Waals surface area contributed by atoms with Gasteiger partial charge >= 0.3 is 0 Å². The second-order valence-corrected chi connectivity index (χ2v) is 5.61. The highest BCUT2D eigenvalue weighted by atomic mass is 35.5. The molecule has 1 N–H and O–H groups in total. The molecule has 2 heterocycles. The number of nitrogens with one attached hydrogen (secondary N) is 1. The van der Waals surface area contributed by atoms with Crippen molar-refractivity contribution in [1.82, 2.24) is 5.32 Å². The van der Waals surface area contributed by atoms with Crippen molar-refractivity contribution < 1.29 is 4.74 Å². The molecule has 2 aliphatic heterocycles. The fourth-order valence-electron chi connectivity index (χ4n) is 3.00. The molecule has 1 aromatic rings. The van der Waals surface area contributed by atoms with Gasteiger partial charge in [-0.15, -0.1) is 0 Å². The minimum atomic E-state index is 0.202. The molecule has 1 aromatic carbocycles. The van der Waals surface area contributed by atoms with E-state index in [2.05, 4.69) is 17.4 Å². The van der Waals surface area contributed by atoms with Crippen LogP contribution in [-0.2, 0) is 10.2 Å². The maximum atomic E-state index is 6.34. The quantitative estimate of drug-likeness (QED) is 0.892. The fraction of sp³-hybridized carbons (Fsp3) is 0.571. The highest BCUT2D eigenvalue weighted by Crippen LogP contribution is 2.39. The van der Waals surface area contributed by atoms with Gasteiger partial charge in [0.15, 0.2) is 0 Å². The van der Waals surface area contributed by atoms with Crippen molar-refractivity contribution in [2.24, 2.45) is 0 Å². The second-order valence-electron chi connectivity index (χ2n) is 5.20. The van der Waals surface area contributed by atoms with Gasteiger partial charge < -0.3 is 10.1 Å². The molecular weight excluding hydrogens is 234 g/mol. The first-order valence-corrected chi connectivity index (χ1v) is 6.75. The Labute approximate surface area is 107 Å². The highest BCUT2D eigenvalue weighted by Gasteiger charge is 2.42. The van der Waals surface area contributed by atoms with E-state index in [1.165, 1.54) is 18.4 Å². The van der Waals surface area contributed by atoms with Crippen molar-refractivity contribution in [3.8, 4) is 0 Å². The van der Waals surface area contributed by atoms with Crippen LogP contribution in [0.15, 0.2) is 24.3 Å². The van der Waals surface area contributed by atoms with E-state index in [1.54, 1.807) is 0 Å².